The van der Waals surface area contributed by atoms with E-state index >= 15 is 0 Å². The van der Waals surface area contributed by atoms with E-state index in [0.29, 0.717) is 54.3 Å². The number of fused-ring (bicyclic) bond motifs is 2. The number of imidazole rings is 1. The predicted octanol–water partition coefficient (Wildman–Crippen LogP) is 4.40. The van der Waals surface area contributed by atoms with Gasteiger partial charge in [0.05, 0.1) is 29.3 Å². The summed E-state index contributed by atoms with van der Waals surface area (Å²) in [6.45, 7) is 2.50. The average molecular weight is 412 g/mol. The van der Waals surface area contributed by atoms with Gasteiger partial charge in [-0.05, 0) is 37.1 Å². The van der Waals surface area contributed by atoms with Gasteiger partial charge in [0.1, 0.15) is 5.82 Å². The van der Waals surface area contributed by atoms with Crippen molar-refractivity contribution in [3.05, 3.63) is 52.8 Å². The molecular formula is C22H22ClN3O3. The Morgan fingerprint density at radius 3 is 2.76 bits per heavy atom. The topological polar surface area (TPSA) is 67.5 Å². The first-order valence-electron chi connectivity index (χ1n) is 10.0. The molecule has 1 N–H and O–H groups in total. The number of aromatic nitrogens is 2. The van der Waals surface area contributed by atoms with Gasteiger partial charge >= 0.3 is 0 Å². The van der Waals surface area contributed by atoms with Crippen LogP contribution in [0.1, 0.15) is 41.4 Å². The summed E-state index contributed by atoms with van der Waals surface area (Å²) in [7, 11) is 0. The fourth-order valence-corrected chi connectivity index (χ4v) is 4.32. The maximum atomic E-state index is 13.1. The number of piperidine rings is 1. The SMILES string of the molecule is O=C(c1cc(Cl)c2c(c1)OCCCO2)N1CCC(c2nc3ccccc3[nH]2)CC1. The lowest BCUT2D eigenvalue weighted by atomic mass is 9.95. The molecule has 7 heteroatoms. The van der Waals surface area contributed by atoms with E-state index in [1.54, 1.807) is 12.1 Å². The molecule has 0 spiro atoms. The number of carbonyl (C=O) groups excluding carboxylic acids is 1. The van der Waals surface area contributed by atoms with E-state index in [1.165, 1.54) is 0 Å². The molecule has 1 amide bonds. The van der Waals surface area contributed by atoms with E-state index in [-0.39, 0.29) is 5.91 Å². The molecule has 0 atom stereocenters. The van der Waals surface area contributed by atoms with Gasteiger partial charge < -0.3 is 19.4 Å². The molecule has 0 saturated carbocycles. The van der Waals surface area contributed by atoms with Crippen LogP contribution in [-0.2, 0) is 0 Å². The van der Waals surface area contributed by atoms with E-state index in [0.717, 1.165) is 36.1 Å². The second kappa shape index (κ2) is 7.59. The molecule has 1 aromatic heterocycles. The molecule has 150 valence electrons. The monoisotopic (exact) mass is 411 g/mol. The van der Waals surface area contributed by atoms with Crippen LogP contribution >= 0.6 is 11.6 Å². The van der Waals surface area contributed by atoms with Crippen LogP contribution in [0, 0.1) is 0 Å². The number of aromatic amines is 1. The van der Waals surface area contributed by atoms with Crippen molar-refractivity contribution in [2.24, 2.45) is 0 Å². The van der Waals surface area contributed by atoms with Crippen molar-refractivity contribution in [1.29, 1.82) is 0 Å². The Bertz CT molecular complexity index is 1020. The summed E-state index contributed by atoms with van der Waals surface area (Å²) in [5.74, 6) is 2.40. The standard InChI is InChI=1S/C22H22ClN3O3/c23-16-12-15(13-19-20(16)29-11-3-10-28-19)22(27)26-8-6-14(7-9-26)21-24-17-4-1-2-5-18(17)25-21/h1-2,4-5,12-14H,3,6-11H2,(H,24,25). The molecule has 0 bridgehead atoms. The zero-order chi connectivity index (χ0) is 19.8. The molecule has 0 unspecified atom stereocenters. The maximum absolute atomic E-state index is 13.1. The van der Waals surface area contributed by atoms with Crippen LogP contribution in [0.2, 0.25) is 5.02 Å². The molecule has 29 heavy (non-hydrogen) atoms. The van der Waals surface area contributed by atoms with Gasteiger partial charge in [0.15, 0.2) is 11.5 Å². The van der Waals surface area contributed by atoms with E-state index in [1.807, 2.05) is 29.2 Å². The van der Waals surface area contributed by atoms with Crippen LogP contribution < -0.4 is 9.47 Å². The summed E-state index contributed by atoms with van der Waals surface area (Å²) >= 11 is 6.36. The highest BCUT2D eigenvalue weighted by atomic mass is 35.5. The lowest BCUT2D eigenvalue weighted by Gasteiger charge is -2.31. The largest absolute Gasteiger partial charge is 0.489 e. The number of hydrogen-bond donors (Lipinski definition) is 1. The summed E-state index contributed by atoms with van der Waals surface area (Å²) < 4.78 is 11.4. The third-order valence-corrected chi connectivity index (χ3v) is 5.91. The van der Waals surface area contributed by atoms with Crippen LogP contribution in [-0.4, -0.2) is 47.1 Å². The molecular weight excluding hydrogens is 390 g/mol. The van der Waals surface area contributed by atoms with Gasteiger partial charge in [-0.15, -0.1) is 0 Å². The number of H-pyrrole nitrogens is 1. The number of halogens is 1. The highest BCUT2D eigenvalue weighted by molar-refractivity contribution is 6.32. The van der Waals surface area contributed by atoms with Crippen LogP contribution in [0.3, 0.4) is 0 Å². The average Bonchev–Trinajstić information content (AvgIpc) is 3.04. The Balaban J connectivity index is 1.30. The van der Waals surface area contributed by atoms with Crippen LogP contribution in [0.4, 0.5) is 0 Å². The summed E-state index contributed by atoms with van der Waals surface area (Å²) in [6.07, 6.45) is 2.55. The van der Waals surface area contributed by atoms with Crippen molar-refractivity contribution in [3.8, 4) is 11.5 Å². The molecule has 3 aromatic rings. The quantitative estimate of drug-likeness (QED) is 0.678. The van der Waals surface area contributed by atoms with Gasteiger partial charge in [-0.25, -0.2) is 4.98 Å². The number of nitrogens with one attached hydrogen (secondary N) is 1. The fraction of sp³-hybridized carbons (Fsp3) is 0.364. The number of likely N-dealkylation sites (tertiary alicyclic amines) is 1. The lowest BCUT2D eigenvalue weighted by Crippen LogP contribution is -2.38. The fourth-order valence-electron chi connectivity index (χ4n) is 4.06. The second-order valence-corrected chi connectivity index (χ2v) is 7.95. The molecule has 2 aromatic carbocycles. The second-order valence-electron chi connectivity index (χ2n) is 7.54. The molecule has 5 rings (SSSR count). The van der Waals surface area contributed by atoms with Crippen molar-refractivity contribution < 1.29 is 14.3 Å². The smallest absolute Gasteiger partial charge is 0.254 e. The maximum Gasteiger partial charge on any atom is 0.254 e. The number of amides is 1. The van der Waals surface area contributed by atoms with Crippen molar-refractivity contribution in [1.82, 2.24) is 14.9 Å². The third-order valence-electron chi connectivity index (χ3n) is 5.63. The Kier molecular flexibility index (Phi) is 4.79. The Morgan fingerprint density at radius 1 is 1.14 bits per heavy atom. The number of hydrogen-bond acceptors (Lipinski definition) is 4. The summed E-state index contributed by atoms with van der Waals surface area (Å²) in [5.41, 5.74) is 2.59. The molecule has 3 heterocycles. The summed E-state index contributed by atoms with van der Waals surface area (Å²) in [4.78, 5) is 23.1. The Hall–Kier alpha value is -2.73. The third kappa shape index (κ3) is 3.53. The van der Waals surface area contributed by atoms with Crippen LogP contribution in [0.5, 0.6) is 11.5 Å². The minimum Gasteiger partial charge on any atom is -0.489 e. The first-order chi connectivity index (χ1) is 14.2. The van der Waals surface area contributed by atoms with Gasteiger partial charge in [-0.1, -0.05) is 23.7 Å². The highest BCUT2D eigenvalue weighted by Gasteiger charge is 2.28. The number of para-hydroxylation sites is 2. The van der Waals surface area contributed by atoms with Crippen molar-refractivity contribution >= 4 is 28.5 Å². The number of ether oxygens (including phenoxy) is 2. The number of benzene rings is 2. The normalized spacial score (nSPS) is 17.3. The molecule has 0 aliphatic carbocycles. The van der Waals surface area contributed by atoms with Gasteiger partial charge in [0.25, 0.3) is 5.91 Å². The zero-order valence-corrected chi connectivity index (χ0v) is 16.7. The molecule has 0 radical (unpaired) electrons. The summed E-state index contributed by atoms with van der Waals surface area (Å²) in [6, 6.07) is 11.5. The van der Waals surface area contributed by atoms with Crippen LogP contribution in [0.15, 0.2) is 36.4 Å². The summed E-state index contributed by atoms with van der Waals surface area (Å²) in [5, 5.41) is 0.421. The van der Waals surface area contributed by atoms with Crippen LogP contribution in [0.25, 0.3) is 11.0 Å². The lowest BCUT2D eigenvalue weighted by molar-refractivity contribution is 0.0711. The van der Waals surface area contributed by atoms with Crippen molar-refractivity contribution in [2.75, 3.05) is 26.3 Å². The highest BCUT2D eigenvalue weighted by Crippen LogP contribution is 2.38. The van der Waals surface area contributed by atoms with Gasteiger partial charge in [-0.2, -0.15) is 0 Å². The van der Waals surface area contributed by atoms with Crippen molar-refractivity contribution in [2.45, 2.75) is 25.2 Å². The zero-order valence-electron chi connectivity index (χ0n) is 16.0. The Morgan fingerprint density at radius 2 is 1.93 bits per heavy atom. The van der Waals surface area contributed by atoms with Gasteiger partial charge in [0, 0.05) is 31.0 Å². The van der Waals surface area contributed by atoms with Crippen molar-refractivity contribution in [3.63, 3.8) is 0 Å². The number of nitrogens with zero attached hydrogens (tertiary/aromatic N) is 2. The number of carbonyl (C=O) groups is 1. The molecule has 2 aliphatic heterocycles. The van der Waals surface area contributed by atoms with E-state index in [9.17, 15) is 4.79 Å². The molecule has 1 saturated heterocycles. The minimum atomic E-state index is -0.0226. The van der Waals surface area contributed by atoms with Gasteiger partial charge in [-0.3, -0.25) is 4.79 Å². The first-order valence-corrected chi connectivity index (χ1v) is 10.4. The molecule has 2 aliphatic rings. The van der Waals surface area contributed by atoms with E-state index < -0.39 is 0 Å². The molecule has 1 fully saturated rings. The van der Waals surface area contributed by atoms with E-state index in [2.05, 4.69) is 4.98 Å². The predicted molar refractivity (Wildman–Crippen MR) is 111 cm³/mol. The molecule has 6 nitrogen and oxygen atoms in total. The first kappa shape index (κ1) is 18.3. The van der Waals surface area contributed by atoms with Gasteiger partial charge in [0.2, 0.25) is 0 Å². The number of rotatable bonds is 2. The minimum absolute atomic E-state index is 0.0226. The Labute approximate surface area is 173 Å². The van der Waals surface area contributed by atoms with E-state index in [4.69, 9.17) is 26.1 Å².